The van der Waals surface area contributed by atoms with Crippen LogP contribution in [0.5, 0.6) is 0 Å². The van der Waals surface area contributed by atoms with E-state index < -0.39 is 10.8 Å². The quantitative estimate of drug-likeness (QED) is 0.821. The van der Waals surface area contributed by atoms with Crippen LogP contribution in [0.2, 0.25) is 0 Å². The predicted molar refractivity (Wildman–Crippen MR) is 71.6 cm³/mol. The van der Waals surface area contributed by atoms with Crippen LogP contribution in [0.15, 0.2) is 30.5 Å². The first kappa shape index (κ1) is 12.0. The maximum atomic E-state index is 10.9. The van der Waals surface area contributed by atoms with Gasteiger partial charge in [0.1, 0.15) is 0 Å². The predicted octanol–water partition coefficient (Wildman–Crippen LogP) is 1.81. The Balaban J connectivity index is 2.05. The van der Waals surface area contributed by atoms with Gasteiger partial charge < -0.3 is 5.32 Å². The van der Waals surface area contributed by atoms with E-state index in [4.69, 9.17) is 0 Å². The number of nitrogens with zero attached hydrogens (tertiary/aromatic N) is 2. The zero-order valence-electron chi connectivity index (χ0n) is 9.72. The molecule has 0 saturated heterocycles. The van der Waals surface area contributed by atoms with Crippen molar-refractivity contribution in [2.75, 3.05) is 23.9 Å². The van der Waals surface area contributed by atoms with Gasteiger partial charge in [-0.25, -0.2) is 0 Å². The number of nitrogens with one attached hydrogen (secondary N) is 1. The van der Waals surface area contributed by atoms with Crippen LogP contribution in [-0.4, -0.2) is 33.0 Å². The van der Waals surface area contributed by atoms with Crippen molar-refractivity contribution in [3.05, 3.63) is 30.5 Å². The van der Waals surface area contributed by atoms with Gasteiger partial charge in [-0.1, -0.05) is 24.3 Å². The molecule has 1 aromatic heterocycles. The summed E-state index contributed by atoms with van der Waals surface area (Å²) in [4.78, 5) is 0. The third kappa shape index (κ3) is 3.23. The summed E-state index contributed by atoms with van der Waals surface area (Å²) in [6.45, 7) is 0.766. The fraction of sp³-hybridized carbons (Fsp3) is 0.333. The fourth-order valence-corrected chi connectivity index (χ4v) is 2.19. The molecule has 1 heterocycles. The smallest absolute Gasteiger partial charge is 0.156 e. The Morgan fingerprint density at radius 1 is 1.35 bits per heavy atom. The molecular weight excluding hydrogens is 234 g/mol. The second-order valence-electron chi connectivity index (χ2n) is 3.84. The number of benzene rings is 1. The number of hydrogen-bond donors (Lipinski definition) is 1. The lowest BCUT2D eigenvalue weighted by molar-refractivity contribution is 0.685. The Labute approximate surface area is 103 Å². The maximum absolute atomic E-state index is 10.9. The van der Waals surface area contributed by atoms with Crippen LogP contribution >= 0.6 is 0 Å². The Morgan fingerprint density at radius 3 is 3.00 bits per heavy atom. The first-order valence-corrected chi connectivity index (χ1v) is 7.24. The molecule has 90 valence electrons. The zero-order valence-corrected chi connectivity index (χ0v) is 10.5. The average molecular weight is 249 g/mol. The molecule has 0 fully saturated rings. The highest BCUT2D eigenvalue weighted by Crippen LogP contribution is 2.18. The molecule has 0 radical (unpaired) electrons. The van der Waals surface area contributed by atoms with Gasteiger partial charge in [0.25, 0.3) is 0 Å². The van der Waals surface area contributed by atoms with Crippen LogP contribution in [0.4, 0.5) is 5.82 Å². The van der Waals surface area contributed by atoms with Crippen molar-refractivity contribution in [1.29, 1.82) is 0 Å². The molecule has 17 heavy (non-hydrogen) atoms. The molecule has 0 saturated carbocycles. The third-order valence-electron chi connectivity index (χ3n) is 2.47. The molecule has 0 bridgehead atoms. The molecule has 2 aromatic rings. The van der Waals surface area contributed by atoms with Crippen LogP contribution in [0.1, 0.15) is 6.42 Å². The van der Waals surface area contributed by atoms with Gasteiger partial charge in [-0.15, -0.1) is 5.10 Å². The van der Waals surface area contributed by atoms with Gasteiger partial charge in [0.15, 0.2) is 5.82 Å². The van der Waals surface area contributed by atoms with E-state index in [-0.39, 0.29) is 0 Å². The summed E-state index contributed by atoms with van der Waals surface area (Å²) >= 11 is 0. The van der Waals surface area contributed by atoms with Gasteiger partial charge in [-0.05, 0) is 6.42 Å². The maximum Gasteiger partial charge on any atom is 0.156 e. The Kier molecular flexibility index (Phi) is 4.03. The molecule has 5 heteroatoms. The van der Waals surface area contributed by atoms with Crippen molar-refractivity contribution in [3.8, 4) is 0 Å². The highest BCUT2D eigenvalue weighted by Gasteiger charge is 2.01. The van der Waals surface area contributed by atoms with Gasteiger partial charge in [0, 0.05) is 40.1 Å². The largest absolute Gasteiger partial charge is 0.368 e. The van der Waals surface area contributed by atoms with E-state index in [1.807, 2.05) is 24.3 Å². The molecule has 0 spiro atoms. The van der Waals surface area contributed by atoms with E-state index >= 15 is 0 Å². The lowest BCUT2D eigenvalue weighted by atomic mass is 10.2. The summed E-state index contributed by atoms with van der Waals surface area (Å²) in [5, 5.41) is 13.4. The second-order valence-corrected chi connectivity index (χ2v) is 5.39. The molecule has 1 N–H and O–H groups in total. The van der Waals surface area contributed by atoms with Gasteiger partial charge in [0.2, 0.25) is 0 Å². The molecule has 2 rings (SSSR count). The van der Waals surface area contributed by atoms with E-state index in [1.54, 1.807) is 12.5 Å². The Hall–Kier alpha value is -1.49. The number of rotatable bonds is 5. The highest BCUT2D eigenvalue weighted by atomic mass is 32.2. The average Bonchev–Trinajstić information content (AvgIpc) is 2.34. The Bertz CT molecular complexity index is 525. The van der Waals surface area contributed by atoms with Crippen LogP contribution in [0.25, 0.3) is 10.8 Å². The molecule has 1 atom stereocenters. The van der Waals surface area contributed by atoms with Gasteiger partial charge >= 0.3 is 0 Å². The molecule has 1 unspecified atom stereocenters. The molecule has 0 aliphatic heterocycles. The van der Waals surface area contributed by atoms with Crippen molar-refractivity contribution < 1.29 is 4.21 Å². The monoisotopic (exact) mass is 249 g/mol. The molecule has 0 amide bonds. The summed E-state index contributed by atoms with van der Waals surface area (Å²) in [5.74, 6) is 1.51. The number of hydrogen-bond acceptors (Lipinski definition) is 4. The lowest BCUT2D eigenvalue weighted by Crippen LogP contribution is -2.08. The van der Waals surface area contributed by atoms with E-state index in [9.17, 15) is 4.21 Å². The first-order chi connectivity index (χ1) is 8.27. The van der Waals surface area contributed by atoms with E-state index in [2.05, 4.69) is 15.5 Å². The van der Waals surface area contributed by atoms with Gasteiger partial charge in [-0.2, -0.15) is 5.10 Å². The van der Waals surface area contributed by atoms with E-state index in [0.717, 1.165) is 29.6 Å². The standard InChI is InChI=1S/C12H15N3OS/c1-17(16)8-4-7-13-12-11-6-3-2-5-10(11)9-14-15-12/h2-3,5-6,9H,4,7-8H2,1H3,(H,13,15). The van der Waals surface area contributed by atoms with E-state index in [0.29, 0.717) is 5.75 Å². The third-order valence-corrected chi connectivity index (χ3v) is 3.34. The number of anilines is 1. The minimum Gasteiger partial charge on any atom is -0.368 e. The topological polar surface area (TPSA) is 54.9 Å². The van der Waals surface area contributed by atoms with Crippen molar-refractivity contribution in [3.63, 3.8) is 0 Å². The lowest BCUT2D eigenvalue weighted by Gasteiger charge is -2.06. The fourth-order valence-electron chi connectivity index (χ4n) is 1.64. The second kappa shape index (κ2) is 5.72. The van der Waals surface area contributed by atoms with Crippen molar-refractivity contribution in [1.82, 2.24) is 10.2 Å². The van der Waals surface area contributed by atoms with Crippen molar-refractivity contribution in [2.24, 2.45) is 0 Å². The molecular formula is C12H15N3OS. The minimum atomic E-state index is -0.727. The number of aromatic nitrogens is 2. The summed E-state index contributed by atoms with van der Waals surface area (Å²) < 4.78 is 10.9. The molecule has 0 aliphatic rings. The number of fused-ring (bicyclic) bond motifs is 1. The van der Waals surface area contributed by atoms with Crippen LogP contribution in [-0.2, 0) is 10.8 Å². The summed E-state index contributed by atoms with van der Waals surface area (Å²) in [5.41, 5.74) is 0. The van der Waals surface area contributed by atoms with Crippen LogP contribution in [0, 0.1) is 0 Å². The van der Waals surface area contributed by atoms with Crippen molar-refractivity contribution in [2.45, 2.75) is 6.42 Å². The minimum absolute atomic E-state index is 0.713. The zero-order chi connectivity index (χ0) is 12.1. The first-order valence-electron chi connectivity index (χ1n) is 5.51. The van der Waals surface area contributed by atoms with Gasteiger partial charge in [0.05, 0.1) is 6.20 Å². The summed E-state index contributed by atoms with van der Waals surface area (Å²) in [7, 11) is -0.727. The molecule has 4 nitrogen and oxygen atoms in total. The van der Waals surface area contributed by atoms with Crippen molar-refractivity contribution >= 4 is 27.4 Å². The van der Waals surface area contributed by atoms with Gasteiger partial charge in [-0.3, -0.25) is 4.21 Å². The van der Waals surface area contributed by atoms with E-state index in [1.165, 1.54) is 0 Å². The van der Waals surface area contributed by atoms with Crippen LogP contribution in [0.3, 0.4) is 0 Å². The molecule has 0 aliphatic carbocycles. The SMILES string of the molecule is CS(=O)CCCNc1nncc2ccccc12. The Morgan fingerprint density at radius 2 is 2.18 bits per heavy atom. The summed E-state index contributed by atoms with van der Waals surface area (Å²) in [6, 6.07) is 7.99. The normalized spacial score (nSPS) is 12.5. The molecule has 1 aromatic carbocycles. The van der Waals surface area contributed by atoms with Crippen LogP contribution < -0.4 is 5.32 Å². The highest BCUT2D eigenvalue weighted by molar-refractivity contribution is 7.84. The summed E-state index contributed by atoms with van der Waals surface area (Å²) in [6.07, 6.45) is 4.34.